The van der Waals surface area contributed by atoms with Gasteiger partial charge in [0.05, 0.1) is 17.0 Å². The minimum absolute atomic E-state index is 0.190. The van der Waals surface area contributed by atoms with Crippen LogP contribution in [0, 0.1) is 0 Å². The molecular weight excluding hydrogens is 435 g/mol. The van der Waals surface area contributed by atoms with Gasteiger partial charge in [0, 0.05) is 15.7 Å². The maximum absolute atomic E-state index is 12.6. The number of sulfonamides is 1. The van der Waals surface area contributed by atoms with Crippen molar-refractivity contribution in [2.45, 2.75) is 5.75 Å². The van der Waals surface area contributed by atoms with Crippen LogP contribution in [0.15, 0.2) is 60.7 Å². The number of hydrogen-bond donors (Lipinski definition) is 2. The molecule has 0 radical (unpaired) electrons. The number of fused-ring (bicyclic) bond motifs is 2. The molecule has 2 N–H and O–H groups in total. The molecule has 1 aliphatic heterocycles. The lowest BCUT2D eigenvalue weighted by Crippen LogP contribution is -2.16. The van der Waals surface area contributed by atoms with Gasteiger partial charge in [0.1, 0.15) is 5.75 Å². The van der Waals surface area contributed by atoms with Crippen molar-refractivity contribution in [1.82, 2.24) is 0 Å². The Morgan fingerprint density at radius 3 is 2.52 bits per heavy atom. The molecule has 0 fully saturated rings. The first-order valence-corrected chi connectivity index (χ1v) is 10.9. The quantitative estimate of drug-likeness (QED) is 0.567. The fourth-order valence-corrected chi connectivity index (χ4v) is 4.57. The van der Waals surface area contributed by atoms with Crippen molar-refractivity contribution in [3.05, 3.63) is 81.8 Å². The molecule has 1 amide bonds. The number of hydrogen-bond acceptors (Lipinski definition) is 4. The number of ether oxygens (including phenoxy) is 1. The largest absolute Gasteiger partial charge is 0.454 e. The molecule has 0 unspecified atom stereocenters. The minimum Gasteiger partial charge on any atom is -0.454 e. The maximum Gasteiger partial charge on any atom is 0.259 e. The van der Waals surface area contributed by atoms with Gasteiger partial charge in [-0.15, -0.1) is 0 Å². The molecule has 0 aromatic heterocycles. The predicted molar refractivity (Wildman–Crippen MR) is 114 cm³/mol. The number of carbonyl (C=O) groups is 1. The molecule has 4 rings (SSSR count). The van der Waals surface area contributed by atoms with Gasteiger partial charge >= 0.3 is 0 Å². The average molecular weight is 449 g/mol. The van der Waals surface area contributed by atoms with Gasteiger partial charge in [-0.3, -0.25) is 9.52 Å². The van der Waals surface area contributed by atoms with E-state index in [9.17, 15) is 13.2 Å². The maximum atomic E-state index is 12.6. The van der Waals surface area contributed by atoms with Crippen molar-refractivity contribution in [2.24, 2.45) is 0 Å². The third-order valence-electron chi connectivity index (χ3n) is 4.21. The standard InChI is InChI=1S/C20H14Cl2N2O4S/c21-13-5-7-19-17(9-13)23-20(25)15-10-14(6-8-18(15)28-19)24-29(26,27)11-12-3-1-2-4-16(12)22/h1-10,24H,11H2,(H,23,25). The topological polar surface area (TPSA) is 84.5 Å². The van der Waals surface area contributed by atoms with E-state index in [4.69, 9.17) is 27.9 Å². The highest BCUT2D eigenvalue weighted by Crippen LogP contribution is 2.38. The fraction of sp³-hybridized carbons (Fsp3) is 0.0500. The first-order valence-electron chi connectivity index (χ1n) is 8.47. The van der Waals surface area contributed by atoms with E-state index in [0.29, 0.717) is 32.8 Å². The van der Waals surface area contributed by atoms with Crippen molar-refractivity contribution >= 4 is 50.5 Å². The summed E-state index contributed by atoms with van der Waals surface area (Å²) in [6.45, 7) is 0. The third kappa shape index (κ3) is 4.32. The van der Waals surface area contributed by atoms with Gasteiger partial charge in [-0.1, -0.05) is 41.4 Å². The van der Waals surface area contributed by atoms with E-state index in [1.54, 1.807) is 42.5 Å². The van der Waals surface area contributed by atoms with Crippen LogP contribution in [0.1, 0.15) is 15.9 Å². The van der Waals surface area contributed by atoms with Gasteiger partial charge in [-0.25, -0.2) is 8.42 Å². The Bertz CT molecular complexity index is 1230. The molecule has 0 saturated heterocycles. The van der Waals surface area contributed by atoms with Crippen LogP contribution in [0.25, 0.3) is 0 Å². The Balaban J connectivity index is 1.60. The molecule has 0 atom stereocenters. The van der Waals surface area contributed by atoms with Gasteiger partial charge in [-0.2, -0.15) is 0 Å². The lowest BCUT2D eigenvalue weighted by Gasteiger charge is -2.12. The molecule has 29 heavy (non-hydrogen) atoms. The van der Waals surface area contributed by atoms with Gasteiger partial charge in [0.15, 0.2) is 5.75 Å². The van der Waals surface area contributed by atoms with Gasteiger partial charge < -0.3 is 10.1 Å². The second kappa shape index (κ2) is 7.59. The van der Waals surface area contributed by atoms with Gasteiger partial charge in [-0.05, 0) is 48.0 Å². The smallest absolute Gasteiger partial charge is 0.259 e. The molecular formula is C20H14Cl2N2O4S. The normalized spacial score (nSPS) is 12.8. The third-order valence-corrected chi connectivity index (χ3v) is 6.05. The second-order valence-corrected chi connectivity index (χ2v) is 8.93. The molecule has 0 aliphatic carbocycles. The molecule has 0 spiro atoms. The van der Waals surface area contributed by atoms with Crippen molar-refractivity contribution in [2.75, 3.05) is 10.0 Å². The monoisotopic (exact) mass is 448 g/mol. The summed E-state index contributed by atoms with van der Waals surface area (Å²) >= 11 is 12.0. The zero-order valence-corrected chi connectivity index (χ0v) is 17.1. The van der Waals surface area contributed by atoms with Crippen LogP contribution < -0.4 is 14.8 Å². The lowest BCUT2D eigenvalue weighted by molar-refractivity contribution is 0.102. The Kier molecular flexibility index (Phi) is 5.12. The summed E-state index contributed by atoms with van der Waals surface area (Å²) in [7, 11) is -3.75. The molecule has 0 saturated carbocycles. The number of halogens is 2. The Labute approximate surface area is 177 Å². The zero-order valence-electron chi connectivity index (χ0n) is 14.8. The molecule has 3 aromatic rings. The summed E-state index contributed by atoms with van der Waals surface area (Å²) < 4.78 is 33.3. The minimum atomic E-state index is -3.75. The number of benzene rings is 3. The number of amides is 1. The van der Waals surface area contributed by atoms with E-state index in [1.165, 1.54) is 18.2 Å². The van der Waals surface area contributed by atoms with Gasteiger partial charge in [0.2, 0.25) is 10.0 Å². The highest BCUT2D eigenvalue weighted by molar-refractivity contribution is 7.91. The van der Waals surface area contributed by atoms with Crippen LogP contribution in [0.4, 0.5) is 11.4 Å². The van der Waals surface area contributed by atoms with Crippen LogP contribution in [0.2, 0.25) is 10.0 Å². The van der Waals surface area contributed by atoms with Crippen LogP contribution in [0.3, 0.4) is 0 Å². The predicted octanol–water partition coefficient (Wildman–Crippen LogP) is 5.29. The molecule has 0 bridgehead atoms. The molecule has 9 heteroatoms. The molecule has 1 aliphatic rings. The Morgan fingerprint density at radius 1 is 0.966 bits per heavy atom. The highest BCUT2D eigenvalue weighted by atomic mass is 35.5. The molecule has 3 aromatic carbocycles. The van der Waals surface area contributed by atoms with Crippen molar-refractivity contribution < 1.29 is 17.9 Å². The summed E-state index contributed by atoms with van der Waals surface area (Å²) in [6, 6.07) is 16.1. The summed E-state index contributed by atoms with van der Waals surface area (Å²) in [5.74, 6) is 0.00970. The second-order valence-electron chi connectivity index (χ2n) is 6.36. The SMILES string of the molecule is O=C1Nc2cc(Cl)ccc2Oc2ccc(NS(=O)(=O)Cc3ccccc3Cl)cc21. The van der Waals surface area contributed by atoms with Crippen LogP contribution >= 0.6 is 23.2 Å². The summed E-state index contributed by atoms with van der Waals surface area (Å²) in [5, 5.41) is 3.53. The van der Waals surface area contributed by atoms with E-state index in [-0.39, 0.29) is 17.0 Å². The fourth-order valence-electron chi connectivity index (χ4n) is 2.89. The van der Waals surface area contributed by atoms with Crippen LogP contribution in [-0.2, 0) is 15.8 Å². The van der Waals surface area contributed by atoms with E-state index in [1.807, 2.05) is 0 Å². The van der Waals surface area contributed by atoms with Crippen molar-refractivity contribution in [1.29, 1.82) is 0 Å². The first kappa shape index (κ1) is 19.6. The summed E-state index contributed by atoms with van der Waals surface area (Å²) in [5.41, 5.74) is 1.33. The van der Waals surface area contributed by atoms with Crippen LogP contribution in [-0.4, -0.2) is 14.3 Å². The van der Waals surface area contributed by atoms with E-state index >= 15 is 0 Å². The number of anilines is 2. The van der Waals surface area contributed by atoms with Crippen LogP contribution in [0.5, 0.6) is 11.5 Å². The van der Waals surface area contributed by atoms with E-state index in [2.05, 4.69) is 10.0 Å². The lowest BCUT2D eigenvalue weighted by atomic mass is 10.1. The van der Waals surface area contributed by atoms with Crippen molar-refractivity contribution in [3.63, 3.8) is 0 Å². The number of nitrogens with one attached hydrogen (secondary N) is 2. The molecule has 6 nitrogen and oxygen atoms in total. The van der Waals surface area contributed by atoms with E-state index < -0.39 is 15.9 Å². The highest BCUT2D eigenvalue weighted by Gasteiger charge is 2.22. The summed E-state index contributed by atoms with van der Waals surface area (Å²) in [6.07, 6.45) is 0. The summed E-state index contributed by atoms with van der Waals surface area (Å²) in [4.78, 5) is 12.6. The number of carbonyl (C=O) groups excluding carboxylic acids is 1. The molecule has 148 valence electrons. The first-order chi connectivity index (χ1) is 13.8. The van der Waals surface area contributed by atoms with E-state index in [0.717, 1.165) is 0 Å². The average Bonchev–Trinajstić information content (AvgIpc) is 2.79. The van der Waals surface area contributed by atoms with Crippen molar-refractivity contribution in [3.8, 4) is 11.5 Å². The number of rotatable bonds is 4. The Hall–Kier alpha value is -2.74. The Morgan fingerprint density at radius 2 is 1.72 bits per heavy atom. The van der Waals surface area contributed by atoms with Gasteiger partial charge in [0.25, 0.3) is 5.91 Å². The zero-order chi connectivity index (χ0) is 20.6. The molecule has 1 heterocycles.